The van der Waals surface area contributed by atoms with E-state index in [1.165, 1.54) is 33.9 Å². The van der Waals surface area contributed by atoms with Gasteiger partial charge in [0.05, 0.1) is 5.56 Å². The van der Waals surface area contributed by atoms with Gasteiger partial charge in [-0.2, -0.15) is 0 Å². The summed E-state index contributed by atoms with van der Waals surface area (Å²) in [7, 11) is 0. The van der Waals surface area contributed by atoms with E-state index in [9.17, 15) is 9.90 Å². The monoisotopic (exact) mass is 419 g/mol. The SMILES string of the molecule is CCn1c2ccccc2c2cc(/C=C/C(=O)c3cc(Br)ccc3O)ccc21. The highest BCUT2D eigenvalue weighted by Gasteiger charge is 2.10. The molecule has 0 saturated heterocycles. The maximum absolute atomic E-state index is 12.4. The molecule has 0 amide bonds. The number of halogens is 1. The van der Waals surface area contributed by atoms with Crippen molar-refractivity contribution in [3.63, 3.8) is 0 Å². The van der Waals surface area contributed by atoms with Gasteiger partial charge in [0.2, 0.25) is 0 Å². The highest BCUT2D eigenvalue weighted by Crippen LogP contribution is 2.30. The number of phenols is 1. The highest BCUT2D eigenvalue weighted by molar-refractivity contribution is 9.10. The number of para-hydroxylation sites is 1. The van der Waals surface area contributed by atoms with E-state index in [-0.39, 0.29) is 17.1 Å². The fourth-order valence-corrected chi connectivity index (χ4v) is 3.84. The van der Waals surface area contributed by atoms with Gasteiger partial charge in [-0.1, -0.05) is 46.3 Å². The molecule has 3 nitrogen and oxygen atoms in total. The minimum absolute atomic E-state index is 0.0191. The van der Waals surface area contributed by atoms with Gasteiger partial charge in [0.25, 0.3) is 0 Å². The van der Waals surface area contributed by atoms with Gasteiger partial charge in [-0.25, -0.2) is 0 Å². The van der Waals surface area contributed by atoms with Crippen LogP contribution in [0.1, 0.15) is 22.8 Å². The first-order valence-corrected chi connectivity index (χ1v) is 9.59. The number of aromatic nitrogens is 1. The normalized spacial score (nSPS) is 11.6. The van der Waals surface area contributed by atoms with E-state index in [2.05, 4.69) is 57.8 Å². The number of phenolic OH excluding ortho intramolecular Hbond substituents is 1. The summed E-state index contributed by atoms with van der Waals surface area (Å²) in [6.45, 7) is 3.04. The van der Waals surface area contributed by atoms with Gasteiger partial charge in [0.1, 0.15) is 5.75 Å². The zero-order chi connectivity index (χ0) is 19.0. The first-order valence-electron chi connectivity index (χ1n) is 8.80. The van der Waals surface area contributed by atoms with E-state index in [1.807, 2.05) is 12.1 Å². The number of rotatable bonds is 4. The Hall–Kier alpha value is -2.85. The minimum atomic E-state index is -0.232. The van der Waals surface area contributed by atoms with Crippen LogP contribution in [-0.2, 0) is 6.54 Å². The number of hydrogen-bond acceptors (Lipinski definition) is 2. The fourth-order valence-electron chi connectivity index (χ4n) is 3.48. The Kier molecular flexibility index (Phi) is 4.58. The number of aromatic hydroxyl groups is 1. The Labute approximate surface area is 165 Å². The lowest BCUT2D eigenvalue weighted by Crippen LogP contribution is -1.95. The van der Waals surface area contributed by atoms with Gasteiger partial charge in [-0.3, -0.25) is 4.79 Å². The summed E-state index contributed by atoms with van der Waals surface area (Å²) in [4.78, 5) is 12.4. The van der Waals surface area contributed by atoms with Crippen LogP contribution in [0.25, 0.3) is 27.9 Å². The van der Waals surface area contributed by atoms with Crippen LogP contribution in [0.15, 0.2) is 71.2 Å². The van der Waals surface area contributed by atoms with E-state index in [4.69, 9.17) is 0 Å². The molecular weight excluding hydrogens is 402 g/mol. The summed E-state index contributed by atoms with van der Waals surface area (Å²) in [5.74, 6) is -0.251. The molecule has 0 spiro atoms. The topological polar surface area (TPSA) is 42.2 Å². The highest BCUT2D eigenvalue weighted by atomic mass is 79.9. The molecule has 0 aliphatic carbocycles. The van der Waals surface area contributed by atoms with Crippen molar-refractivity contribution < 1.29 is 9.90 Å². The van der Waals surface area contributed by atoms with Gasteiger partial charge >= 0.3 is 0 Å². The lowest BCUT2D eigenvalue weighted by molar-refractivity contribution is 0.104. The summed E-state index contributed by atoms with van der Waals surface area (Å²) in [6, 6.07) is 19.4. The third kappa shape index (κ3) is 3.17. The number of allylic oxidation sites excluding steroid dienone is 1. The van der Waals surface area contributed by atoms with Crippen LogP contribution in [0.3, 0.4) is 0 Å². The molecule has 0 aliphatic rings. The van der Waals surface area contributed by atoms with Crippen LogP contribution in [0.4, 0.5) is 0 Å². The van der Waals surface area contributed by atoms with E-state index in [1.54, 1.807) is 18.2 Å². The van der Waals surface area contributed by atoms with Gasteiger partial charge in [-0.15, -0.1) is 0 Å². The third-order valence-corrected chi connectivity index (χ3v) is 5.26. The molecular formula is C23H18BrNO2. The zero-order valence-corrected chi connectivity index (χ0v) is 16.4. The molecule has 3 aromatic carbocycles. The van der Waals surface area contributed by atoms with Gasteiger partial charge in [0, 0.05) is 32.8 Å². The molecule has 4 heteroatoms. The number of hydrogen-bond donors (Lipinski definition) is 1. The largest absolute Gasteiger partial charge is 0.507 e. The molecule has 1 heterocycles. The van der Waals surface area contributed by atoms with Crippen molar-refractivity contribution in [3.8, 4) is 5.75 Å². The average Bonchev–Trinajstić information content (AvgIpc) is 3.01. The molecule has 1 N–H and O–H groups in total. The van der Waals surface area contributed by atoms with Crippen molar-refractivity contribution in [1.82, 2.24) is 4.57 Å². The van der Waals surface area contributed by atoms with E-state index in [0.29, 0.717) is 0 Å². The van der Waals surface area contributed by atoms with Crippen molar-refractivity contribution in [1.29, 1.82) is 0 Å². The molecule has 27 heavy (non-hydrogen) atoms. The summed E-state index contributed by atoms with van der Waals surface area (Å²) in [5, 5.41) is 12.3. The van der Waals surface area contributed by atoms with E-state index in [0.717, 1.165) is 16.6 Å². The number of nitrogens with zero attached hydrogens (tertiary/aromatic N) is 1. The van der Waals surface area contributed by atoms with Crippen molar-refractivity contribution in [2.75, 3.05) is 0 Å². The number of carbonyl (C=O) groups is 1. The number of aryl methyl sites for hydroxylation is 1. The maximum atomic E-state index is 12.4. The van der Waals surface area contributed by atoms with Gasteiger partial charge in [0.15, 0.2) is 5.78 Å². The first kappa shape index (κ1) is 17.6. The predicted molar refractivity (Wildman–Crippen MR) is 114 cm³/mol. The average molecular weight is 420 g/mol. The van der Waals surface area contributed by atoms with Gasteiger partial charge in [-0.05, 0) is 55.0 Å². The lowest BCUT2D eigenvalue weighted by Gasteiger charge is -2.03. The smallest absolute Gasteiger partial charge is 0.189 e. The maximum Gasteiger partial charge on any atom is 0.189 e. The van der Waals surface area contributed by atoms with Crippen molar-refractivity contribution in [3.05, 3.63) is 82.3 Å². The van der Waals surface area contributed by atoms with Crippen LogP contribution in [0.2, 0.25) is 0 Å². The Morgan fingerprint density at radius 1 is 1.04 bits per heavy atom. The molecule has 4 aromatic rings. The van der Waals surface area contributed by atoms with Crippen LogP contribution in [0, 0.1) is 0 Å². The van der Waals surface area contributed by atoms with Crippen molar-refractivity contribution >= 4 is 49.6 Å². The molecule has 0 bridgehead atoms. The van der Waals surface area contributed by atoms with Crippen molar-refractivity contribution in [2.24, 2.45) is 0 Å². The van der Waals surface area contributed by atoms with E-state index >= 15 is 0 Å². The number of benzene rings is 3. The fraction of sp³-hybridized carbons (Fsp3) is 0.0870. The molecule has 0 radical (unpaired) electrons. The minimum Gasteiger partial charge on any atom is -0.507 e. The van der Waals surface area contributed by atoms with Crippen LogP contribution < -0.4 is 0 Å². The Morgan fingerprint density at radius 2 is 1.81 bits per heavy atom. The van der Waals surface area contributed by atoms with E-state index < -0.39 is 0 Å². The second kappa shape index (κ2) is 7.05. The molecule has 134 valence electrons. The summed E-state index contributed by atoms with van der Waals surface area (Å²) in [5.41, 5.74) is 3.63. The number of fused-ring (bicyclic) bond motifs is 3. The molecule has 0 saturated carbocycles. The molecule has 0 aliphatic heterocycles. The van der Waals surface area contributed by atoms with Gasteiger partial charge < -0.3 is 9.67 Å². The quantitative estimate of drug-likeness (QED) is 0.317. The van der Waals surface area contributed by atoms with Crippen molar-refractivity contribution in [2.45, 2.75) is 13.5 Å². The van der Waals surface area contributed by atoms with Crippen LogP contribution >= 0.6 is 15.9 Å². The Balaban J connectivity index is 1.74. The van der Waals surface area contributed by atoms with Crippen LogP contribution in [0.5, 0.6) is 5.75 Å². The first-order chi connectivity index (χ1) is 13.1. The van der Waals surface area contributed by atoms with Crippen LogP contribution in [-0.4, -0.2) is 15.5 Å². The molecule has 0 atom stereocenters. The summed E-state index contributed by atoms with van der Waals surface area (Å²) < 4.78 is 3.05. The summed E-state index contributed by atoms with van der Waals surface area (Å²) in [6.07, 6.45) is 3.29. The number of ketones is 1. The standard InChI is InChI=1S/C23H18BrNO2/c1-2-25-20-6-4-3-5-17(20)18-13-15(7-10-21(18)25)8-11-22(26)19-14-16(24)9-12-23(19)27/h3-14,27H,2H2,1H3/b11-8+. The second-order valence-electron chi connectivity index (χ2n) is 6.40. The Bertz CT molecular complexity index is 1200. The molecule has 0 unspecified atom stereocenters. The molecule has 1 aromatic heterocycles. The third-order valence-electron chi connectivity index (χ3n) is 4.76. The lowest BCUT2D eigenvalue weighted by atomic mass is 10.1. The Morgan fingerprint density at radius 3 is 2.63 bits per heavy atom. The molecule has 4 rings (SSSR count). The zero-order valence-electron chi connectivity index (χ0n) is 14.8. The molecule has 0 fully saturated rings. The second-order valence-corrected chi connectivity index (χ2v) is 7.31. The number of carbonyl (C=O) groups excluding carboxylic acids is 1. The summed E-state index contributed by atoms with van der Waals surface area (Å²) >= 11 is 3.33. The predicted octanol–water partition coefficient (Wildman–Crippen LogP) is 6.18.